The molecule has 0 saturated heterocycles. The number of nitrogens with zero attached hydrogens (tertiary/aromatic N) is 2. The van der Waals surface area contributed by atoms with E-state index in [1.165, 1.54) is 17.3 Å². The summed E-state index contributed by atoms with van der Waals surface area (Å²) in [7, 11) is 0. The Morgan fingerprint density at radius 2 is 1.86 bits per heavy atom. The molecule has 1 aromatic heterocycles. The van der Waals surface area contributed by atoms with Crippen molar-refractivity contribution in [3.05, 3.63) is 29.8 Å². The fraction of sp³-hybridized carbons (Fsp3) is 0.200. The minimum atomic E-state index is 0.578. The van der Waals surface area contributed by atoms with E-state index in [2.05, 4.69) is 10.2 Å². The molecule has 1 aromatic carbocycles. The SMILES string of the molecule is CSc1nnc(-c2ccc(C)cc2)o1. The highest BCUT2D eigenvalue weighted by molar-refractivity contribution is 7.98. The van der Waals surface area contributed by atoms with Crippen molar-refractivity contribution < 1.29 is 4.42 Å². The Kier molecular flexibility index (Phi) is 2.54. The van der Waals surface area contributed by atoms with Gasteiger partial charge in [-0.3, -0.25) is 0 Å². The van der Waals surface area contributed by atoms with Gasteiger partial charge in [0.25, 0.3) is 5.22 Å². The molecule has 0 amide bonds. The molecule has 0 N–H and O–H groups in total. The van der Waals surface area contributed by atoms with Crippen molar-refractivity contribution in [2.75, 3.05) is 6.26 Å². The number of aromatic nitrogens is 2. The zero-order valence-corrected chi connectivity index (χ0v) is 8.84. The average molecular weight is 206 g/mol. The van der Waals surface area contributed by atoms with E-state index in [-0.39, 0.29) is 0 Å². The first kappa shape index (κ1) is 9.27. The minimum absolute atomic E-state index is 0.578. The molecule has 0 atom stereocenters. The van der Waals surface area contributed by atoms with Crippen molar-refractivity contribution in [3.8, 4) is 11.5 Å². The van der Waals surface area contributed by atoms with Gasteiger partial charge in [-0.25, -0.2) is 0 Å². The van der Waals surface area contributed by atoms with Crippen LogP contribution in [0.3, 0.4) is 0 Å². The van der Waals surface area contributed by atoms with Crippen molar-refractivity contribution in [2.45, 2.75) is 12.1 Å². The molecule has 0 aliphatic carbocycles. The molecule has 1 heterocycles. The van der Waals surface area contributed by atoms with E-state index < -0.39 is 0 Å². The van der Waals surface area contributed by atoms with Crippen molar-refractivity contribution >= 4 is 11.8 Å². The Hall–Kier alpha value is -1.29. The second-order valence-electron chi connectivity index (χ2n) is 2.94. The van der Waals surface area contributed by atoms with Crippen LogP contribution in [-0.4, -0.2) is 16.5 Å². The predicted molar refractivity (Wildman–Crippen MR) is 56.3 cm³/mol. The molecule has 0 fully saturated rings. The molecule has 0 aliphatic rings. The summed E-state index contributed by atoms with van der Waals surface area (Å²) in [6, 6.07) is 8.01. The van der Waals surface area contributed by atoms with Crippen LogP contribution >= 0.6 is 11.8 Å². The van der Waals surface area contributed by atoms with E-state index >= 15 is 0 Å². The van der Waals surface area contributed by atoms with Crippen molar-refractivity contribution in [3.63, 3.8) is 0 Å². The fourth-order valence-corrected chi connectivity index (χ4v) is 1.39. The largest absolute Gasteiger partial charge is 0.411 e. The van der Waals surface area contributed by atoms with Gasteiger partial charge in [0.15, 0.2) is 0 Å². The first-order valence-corrected chi connectivity index (χ1v) is 5.46. The molecule has 72 valence electrons. The van der Waals surface area contributed by atoms with E-state index in [4.69, 9.17) is 4.42 Å². The maximum Gasteiger partial charge on any atom is 0.276 e. The Bertz CT molecular complexity index is 422. The zero-order chi connectivity index (χ0) is 9.97. The van der Waals surface area contributed by atoms with E-state index in [9.17, 15) is 0 Å². The van der Waals surface area contributed by atoms with E-state index in [0.717, 1.165) is 5.56 Å². The van der Waals surface area contributed by atoms with Crippen LogP contribution in [0.1, 0.15) is 5.56 Å². The van der Waals surface area contributed by atoms with Crippen LogP contribution in [0.15, 0.2) is 33.9 Å². The highest BCUT2D eigenvalue weighted by Crippen LogP contribution is 2.21. The lowest BCUT2D eigenvalue weighted by Crippen LogP contribution is -1.77. The first-order chi connectivity index (χ1) is 6.79. The van der Waals surface area contributed by atoms with Crippen molar-refractivity contribution in [2.24, 2.45) is 0 Å². The van der Waals surface area contributed by atoms with Gasteiger partial charge in [-0.15, -0.1) is 10.2 Å². The van der Waals surface area contributed by atoms with E-state index in [0.29, 0.717) is 11.1 Å². The summed E-state index contributed by atoms with van der Waals surface area (Å²) in [5.74, 6) is 0.578. The fourth-order valence-electron chi connectivity index (χ4n) is 1.11. The lowest BCUT2D eigenvalue weighted by molar-refractivity contribution is 0.466. The number of thioether (sulfide) groups is 1. The van der Waals surface area contributed by atoms with Gasteiger partial charge in [-0.2, -0.15) is 0 Å². The molecule has 14 heavy (non-hydrogen) atoms. The number of benzene rings is 1. The van der Waals surface area contributed by atoms with Gasteiger partial charge >= 0.3 is 0 Å². The molecule has 2 rings (SSSR count). The van der Waals surface area contributed by atoms with Gasteiger partial charge in [0, 0.05) is 5.56 Å². The van der Waals surface area contributed by atoms with Gasteiger partial charge in [0.2, 0.25) is 5.89 Å². The van der Waals surface area contributed by atoms with Crippen LogP contribution in [-0.2, 0) is 0 Å². The molecule has 3 nitrogen and oxygen atoms in total. The third-order valence-corrected chi connectivity index (χ3v) is 2.39. The molecule has 0 saturated carbocycles. The summed E-state index contributed by atoms with van der Waals surface area (Å²) in [4.78, 5) is 0. The van der Waals surface area contributed by atoms with Crippen LogP contribution in [0.25, 0.3) is 11.5 Å². The topological polar surface area (TPSA) is 38.9 Å². The molecule has 0 unspecified atom stereocenters. The summed E-state index contributed by atoms with van der Waals surface area (Å²) in [5.41, 5.74) is 2.18. The molecule has 0 radical (unpaired) electrons. The first-order valence-electron chi connectivity index (χ1n) is 4.24. The van der Waals surface area contributed by atoms with Crippen LogP contribution in [0.2, 0.25) is 0 Å². The van der Waals surface area contributed by atoms with E-state index in [1.807, 2.05) is 37.4 Å². The smallest absolute Gasteiger partial charge is 0.276 e. The molecule has 2 aromatic rings. The lowest BCUT2D eigenvalue weighted by Gasteiger charge is -1.94. The van der Waals surface area contributed by atoms with Crippen LogP contribution in [0.4, 0.5) is 0 Å². The summed E-state index contributed by atoms with van der Waals surface area (Å²) < 4.78 is 5.40. The quantitative estimate of drug-likeness (QED) is 0.708. The normalized spacial score (nSPS) is 10.4. The number of hydrogen-bond donors (Lipinski definition) is 0. The van der Waals surface area contributed by atoms with Crippen molar-refractivity contribution in [1.29, 1.82) is 0 Å². The van der Waals surface area contributed by atoms with Crippen LogP contribution < -0.4 is 0 Å². The van der Waals surface area contributed by atoms with Gasteiger partial charge in [-0.05, 0) is 25.3 Å². The second-order valence-corrected chi connectivity index (χ2v) is 3.70. The number of rotatable bonds is 2. The Labute approximate surface area is 86.5 Å². The van der Waals surface area contributed by atoms with Crippen molar-refractivity contribution in [1.82, 2.24) is 10.2 Å². The summed E-state index contributed by atoms with van der Waals surface area (Å²) >= 11 is 1.45. The lowest BCUT2D eigenvalue weighted by atomic mass is 10.1. The predicted octanol–water partition coefficient (Wildman–Crippen LogP) is 2.77. The Morgan fingerprint density at radius 1 is 1.14 bits per heavy atom. The molecule has 0 bridgehead atoms. The van der Waals surface area contributed by atoms with Gasteiger partial charge in [-0.1, -0.05) is 29.5 Å². The van der Waals surface area contributed by atoms with Crippen LogP contribution in [0, 0.1) is 6.92 Å². The summed E-state index contributed by atoms with van der Waals surface area (Å²) in [6.45, 7) is 2.05. The molecule has 4 heteroatoms. The monoisotopic (exact) mass is 206 g/mol. The van der Waals surface area contributed by atoms with Gasteiger partial charge in [0.05, 0.1) is 0 Å². The Morgan fingerprint density at radius 3 is 2.43 bits per heavy atom. The molecule has 0 aliphatic heterocycles. The molecular weight excluding hydrogens is 196 g/mol. The third kappa shape index (κ3) is 1.80. The summed E-state index contributed by atoms with van der Waals surface area (Å²) in [5, 5.41) is 8.43. The summed E-state index contributed by atoms with van der Waals surface area (Å²) in [6.07, 6.45) is 1.91. The highest BCUT2D eigenvalue weighted by atomic mass is 32.2. The van der Waals surface area contributed by atoms with E-state index in [1.54, 1.807) is 0 Å². The van der Waals surface area contributed by atoms with Gasteiger partial charge < -0.3 is 4.42 Å². The molecular formula is C10H10N2OS. The Balaban J connectivity index is 2.34. The maximum atomic E-state index is 5.40. The van der Waals surface area contributed by atoms with Gasteiger partial charge in [0.1, 0.15) is 0 Å². The van der Waals surface area contributed by atoms with Crippen LogP contribution in [0.5, 0.6) is 0 Å². The average Bonchev–Trinajstić information content (AvgIpc) is 2.67. The highest BCUT2D eigenvalue weighted by Gasteiger charge is 2.06. The standard InChI is InChI=1S/C10H10N2OS/c1-7-3-5-8(6-4-7)9-11-12-10(13-9)14-2/h3-6H,1-2H3. The number of hydrogen-bond acceptors (Lipinski definition) is 4. The number of aryl methyl sites for hydroxylation is 1. The second kappa shape index (κ2) is 3.84. The zero-order valence-electron chi connectivity index (χ0n) is 8.02. The minimum Gasteiger partial charge on any atom is -0.411 e. The third-order valence-electron chi connectivity index (χ3n) is 1.88. The maximum absolute atomic E-state index is 5.40. The molecule has 0 spiro atoms.